The second-order valence-corrected chi connectivity index (χ2v) is 6.31. The van der Waals surface area contributed by atoms with Gasteiger partial charge in [-0.25, -0.2) is 0 Å². The molecule has 0 fully saturated rings. The fourth-order valence-corrected chi connectivity index (χ4v) is 2.62. The molecule has 0 N–H and O–H groups in total. The molecule has 0 bridgehead atoms. The van der Waals surface area contributed by atoms with Gasteiger partial charge in [-0.15, -0.1) is 0 Å². The van der Waals surface area contributed by atoms with Crippen LogP contribution in [0.15, 0.2) is 18.2 Å². The Morgan fingerprint density at radius 1 is 0.815 bits per heavy atom. The molecule has 1 aromatic carbocycles. The molecule has 0 radical (unpaired) electrons. The van der Waals surface area contributed by atoms with Gasteiger partial charge in [0.15, 0.2) is 11.5 Å². The number of hydrogen-bond donors (Lipinski definition) is 0. The van der Waals surface area contributed by atoms with E-state index >= 15 is 0 Å². The maximum atomic E-state index is 12.1. The molecule has 0 unspecified atom stereocenters. The summed E-state index contributed by atoms with van der Waals surface area (Å²) >= 11 is 0. The molecular weight excluding hydrogens is 348 g/mol. The predicted molar refractivity (Wildman–Crippen MR) is 103 cm³/mol. The van der Waals surface area contributed by atoms with Crippen molar-refractivity contribution < 1.29 is 28.5 Å². The van der Waals surface area contributed by atoms with E-state index in [2.05, 4.69) is 0 Å². The summed E-state index contributed by atoms with van der Waals surface area (Å²) in [6.45, 7) is 2.49. The molecule has 0 amide bonds. The van der Waals surface area contributed by atoms with E-state index in [0.29, 0.717) is 36.7 Å². The SMILES string of the molecule is CCCOC(=O)CCCCCCCCC(=O)Oc1c(OC)cccc1OC. The molecule has 1 aromatic rings. The second-order valence-electron chi connectivity index (χ2n) is 6.31. The molecule has 6 nitrogen and oxygen atoms in total. The lowest BCUT2D eigenvalue weighted by Gasteiger charge is -2.12. The normalized spacial score (nSPS) is 10.3. The molecule has 1 rings (SSSR count). The average molecular weight is 380 g/mol. The first-order chi connectivity index (χ1) is 13.1. The molecule has 0 aliphatic rings. The highest BCUT2D eigenvalue weighted by Crippen LogP contribution is 2.37. The fourth-order valence-electron chi connectivity index (χ4n) is 2.62. The van der Waals surface area contributed by atoms with Crippen LogP contribution < -0.4 is 14.2 Å². The lowest BCUT2D eigenvalue weighted by molar-refractivity contribution is -0.143. The molecule has 0 atom stereocenters. The van der Waals surface area contributed by atoms with Crippen LogP contribution in [0.1, 0.15) is 64.7 Å². The quantitative estimate of drug-likeness (QED) is 0.265. The van der Waals surface area contributed by atoms with E-state index in [0.717, 1.165) is 44.9 Å². The summed E-state index contributed by atoms with van der Waals surface area (Å²) < 4.78 is 20.9. The number of hydrogen-bond acceptors (Lipinski definition) is 6. The van der Waals surface area contributed by atoms with Crippen molar-refractivity contribution in [1.29, 1.82) is 0 Å². The zero-order valence-electron chi connectivity index (χ0n) is 16.8. The maximum Gasteiger partial charge on any atom is 0.311 e. The Morgan fingerprint density at radius 2 is 1.33 bits per heavy atom. The molecule has 152 valence electrons. The Morgan fingerprint density at radius 3 is 1.85 bits per heavy atom. The number of carbonyl (C=O) groups excluding carboxylic acids is 2. The summed E-state index contributed by atoms with van der Waals surface area (Å²) in [5.41, 5.74) is 0. The third kappa shape index (κ3) is 9.31. The number of benzene rings is 1. The van der Waals surface area contributed by atoms with Crippen LogP contribution in [0.5, 0.6) is 17.2 Å². The van der Waals surface area contributed by atoms with Crippen molar-refractivity contribution in [3.05, 3.63) is 18.2 Å². The van der Waals surface area contributed by atoms with Gasteiger partial charge in [0.1, 0.15) is 0 Å². The molecule has 0 aliphatic heterocycles. The Hall–Kier alpha value is -2.24. The molecule has 0 spiro atoms. The first-order valence-electron chi connectivity index (χ1n) is 9.69. The van der Waals surface area contributed by atoms with Crippen LogP contribution in [0, 0.1) is 0 Å². The van der Waals surface area contributed by atoms with E-state index in [1.165, 1.54) is 14.2 Å². The van der Waals surface area contributed by atoms with Crippen molar-refractivity contribution in [2.75, 3.05) is 20.8 Å². The van der Waals surface area contributed by atoms with E-state index in [9.17, 15) is 9.59 Å². The summed E-state index contributed by atoms with van der Waals surface area (Å²) in [5, 5.41) is 0. The van der Waals surface area contributed by atoms with Crippen LogP contribution in [0.3, 0.4) is 0 Å². The van der Waals surface area contributed by atoms with Crippen molar-refractivity contribution >= 4 is 11.9 Å². The minimum Gasteiger partial charge on any atom is -0.493 e. The minimum absolute atomic E-state index is 0.105. The smallest absolute Gasteiger partial charge is 0.311 e. The number of ether oxygens (including phenoxy) is 4. The van der Waals surface area contributed by atoms with E-state index in [1.54, 1.807) is 18.2 Å². The van der Waals surface area contributed by atoms with Crippen molar-refractivity contribution in [3.8, 4) is 17.2 Å². The van der Waals surface area contributed by atoms with Gasteiger partial charge in [-0.3, -0.25) is 9.59 Å². The zero-order valence-corrected chi connectivity index (χ0v) is 16.8. The van der Waals surface area contributed by atoms with Gasteiger partial charge < -0.3 is 18.9 Å². The Balaban J connectivity index is 2.16. The van der Waals surface area contributed by atoms with Crippen LogP contribution >= 0.6 is 0 Å². The Labute approximate surface area is 162 Å². The number of rotatable bonds is 14. The van der Waals surface area contributed by atoms with E-state index in [1.807, 2.05) is 6.92 Å². The monoisotopic (exact) mass is 380 g/mol. The third-order valence-corrected chi connectivity index (χ3v) is 4.08. The highest BCUT2D eigenvalue weighted by molar-refractivity contribution is 5.74. The van der Waals surface area contributed by atoms with E-state index in [4.69, 9.17) is 18.9 Å². The summed E-state index contributed by atoms with van der Waals surface area (Å²) in [5.74, 6) is 0.866. The summed E-state index contributed by atoms with van der Waals surface area (Å²) in [6.07, 6.45) is 7.39. The van der Waals surface area contributed by atoms with Gasteiger partial charge in [0.25, 0.3) is 0 Å². The number of unbranched alkanes of at least 4 members (excludes halogenated alkanes) is 5. The highest BCUT2D eigenvalue weighted by atomic mass is 16.6. The zero-order chi connectivity index (χ0) is 19.9. The van der Waals surface area contributed by atoms with Crippen molar-refractivity contribution in [1.82, 2.24) is 0 Å². The predicted octanol–water partition coefficient (Wildman–Crippen LogP) is 4.68. The molecule has 0 saturated carbocycles. The van der Waals surface area contributed by atoms with Gasteiger partial charge in [0, 0.05) is 12.8 Å². The largest absolute Gasteiger partial charge is 0.493 e. The van der Waals surface area contributed by atoms with Crippen molar-refractivity contribution in [3.63, 3.8) is 0 Å². The Kier molecular flexibility index (Phi) is 11.7. The minimum atomic E-state index is -0.295. The average Bonchev–Trinajstić information content (AvgIpc) is 2.68. The summed E-state index contributed by atoms with van der Waals surface area (Å²) in [7, 11) is 3.05. The molecule has 0 aliphatic carbocycles. The first-order valence-corrected chi connectivity index (χ1v) is 9.69. The van der Waals surface area contributed by atoms with Crippen LogP contribution in [-0.2, 0) is 14.3 Å². The number of esters is 2. The lowest BCUT2D eigenvalue weighted by Crippen LogP contribution is -2.09. The number of para-hydroxylation sites is 1. The van der Waals surface area contributed by atoms with Gasteiger partial charge in [-0.1, -0.05) is 38.7 Å². The fraction of sp³-hybridized carbons (Fsp3) is 0.619. The van der Waals surface area contributed by atoms with Crippen molar-refractivity contribution in [2.24, 2.45) is 0 Å². The lowest BCUT2D eigenvalue weighted by atomic mass is 10.1. The van der Waals surface area contributed by atoms with Gasteiger partial charge in [-0.05, 0) is 31.4 Å². The van der Waals surface area contributed by atoms with Crippen LogP contribution in [0.4, 0.5) is 0 Å². The maximum absolute atomic E-state index is 12.1. The molecule has 27 heavy (non-hydrogen) atoms. The van der Waals surface area contributed by atoms with E-state index in [-0.39, 0.29) is 11.9 Å². The van der Waals surface area contributed by atoms with Gasteiger partial charge in [-0.2, -0.15) is 0 Å². The summed E-state index contributed by atoms with van der Waals surface area (Å²) in [4.78, 5) is 23.4. The molecular formula is C21H32O6. The number of carbonyl (C=O) groups is 2. The topological polar surface area (TPSA) is 71.1 Å². The highest BCUT2D eigenvalue weighted by Gasteiger charge is 2.15. The van der Waals surface area contributed by atoms with Crippen LogP contribution in [0.25, 0.3) is 0 Å². The summed E-state index contributed by atoms with van der Waals surface area (Å²) in [6, 6.07) is 5.23. The van der Waals surface area contributed by atoms with Crippen LogP contribution in [0.2, 0.25) is 0 Å². The molecule has 0 heterocycles. The standard InChI is InChI=1S/C21H32O6/c1-4-16-26-19(22)14-9-7-5-6-8-10-15-20(23)27-21-17(24-2)12-11-13-18(21)25-3/h11-13H,4-10,14-16H2,1-3H3. The molecule has 0 aromatic heterocycles. The first kappa shape index (κ1) is 22.8. The number of methoxy groups -OCH3 is 2. The molecule has 6 heteroatoms. The third-order valence-electron chi connectivity index (χ3n) is 4.08. The van der Waals surface area contributed by atoms with Crippen LogP contribution in [-0.4, -0.2) is 32.8 Å². The van der Waals surface area contributed by atoms with Crippen molar-refractivity contribution in [2.45, 2.75) is 64.7 Å². The van der Waals surface area contributed by atoms with E-state index < -0.39 is 0 Å². The van der Waals surface area contributed by atoms with Gasteiger partial charge in [0.05, 0.1) is 20.8 Å². The van der Waals surface area contributed by atoms with Gasteiger partial charge >= 0.3 is 11.9 Å². The second kappa shape index (κ2) is 13.9. The Bertz CT molecular complexity index is 548. The molecule has 0 saturated heterocycles. The van der Waals surface area contributed by atoms with Gasteiger partial charge in [0.2, 0.25) is 5.75 Å².